The highest BCUT2D eigenvalue weighted by molar-refractivity contribution is 6.29. The highest BCUT2D eigenvalue weighted by Gasteiger charge is 2.00. The monoisotopic (exact) mass is 221 g/mol. The van der Waals surface area contributed by atoms with Gasteiger partial charge in [0.05, 0.1) is 11.6 Å². The Hall–Kier alpha value is -1.53. The molecule has 0 radical (unpaired) electrons. The second-order valence-electron chi connectivity index (χ2n) is 3.13. The predicted molar refractivity (Wildman–Crippen MR) is 61.9 cm³/mol. The van der Waals surface area contributed by atoms with E-state index >= 15 is 0 Å². The molecule has 0 saturated carbocycles. The number of nitrogens with one attached hydrogen (secondary N) is 1. The van der Waals surface area contributed by atoms with Crippen LogP contribution in [0.4, 0.5) is 5.82 Å². The highest BCUT2D eigenvalue weighted by Crippen LogP contribution is 2.14. The molecule has 0 fully saturated rings. The molecule has 4 heteroatoms. The van der Waals surface area contributed by atoms with Gasteiger partial charge < -0.3 is 5.32 Å². The zero-order valence-electron chi connectivity index (χ0n) is 8.55. The normalized spacial score (nSPS) is 9.40. The molecular weight excluding hydrogens is 210 g/mol. The van der Waals surface area contributed by atoms with Crippen molar-refractivity contribution < 1.29 is 0 Å². The molecule has 0 aromatic carbocycles. The molecule has 1 aromatic heterocycles. The van der Waals surface area contributed by atoms with Gasteiger partial charge in [0.2, 0.25) is 0 Å². The zero-order chi connectivity index (χ0) is 11.3. The summed E-state index contributed by atoms with van der Waals surface area (Å²) in [5, 5.41) is 12.1. The first kappa shape index (κ1) is 11.5. The van der Waals surface area contributed by atoms with Crippen LogP contribution < -0.4 is 5.32 Å². The maximum atomic E-state index is 8.73. The van der Waals surface area contributed by atoms with Crippen molar-refractivity contribution in [2.45, 2.75) is 13.3 Å². The lowest BCUT2D eigenvalue weighted by atomic mass is 10.2. The molecule has 1 N–H and O–H groups in total. The lowest BCUT2D eigenvalue weighted by molar-refractivity contribution is 1.04. The molecule has 0 unspecified atom stereocenters. The van der Waals surface area contributed by atoms with Crippen molar-refractivity contribution in [2.24, 2.45) is 0 Å². The lowest BCUT2D eigenvalue weighted by Crippen LogP contribution is -2.05. The van der Waals surface area contributed by atoms with Crippen molar-refractivity contribution in [2.75, 3.05) is 11.9 Å². The summed E-state index contributed by atoms with van der Waals surface area (Å²) in [6.07, 6.45) is 0.915. The third kappa shape index (κ3) is 3.61. The summed E-state index contributed by atoms with van der Waals surface area (Å²) in [6, 6.07) is 5.21. The van der Waals surface area contributed by atoms with Gasteiger partial charge in [-0.1, -0.05) is 30.7 Å². The van der Waals surface area contributed by atoms with E-state index < -0.39 is 0 Å². The van der Waals surface area contributed by atoms with Gasteiger partial charge in [0, 0.05) is 6.54 Å². The molecule has 0 amide bonds. The quantitative estimate of drug-likeness (QED) is 0.628. The zero-order valence-corrected chi connectivity index (χ0v) is 9.30. The summed E-state index contributed by atoms with van der Waals surface area (Å²) in [5.74, 6) is 0.605. The molecule has 0 saturated heterocycles. The Labute approximate surface area is 94.4 Å². The number of pyridine rings is 1. The van der Waals surface area contributed by atoms with Gasteiger partial charge >= 0.3 is 0 Å². The summed E-state index contributed by atoms with van der Waals surface area (Å²) >= 11 is 5.75. The Kier molecular flexibility index (Phi) is 4.14. The first-order chi connectivity index (χ1) is 7.15. The van der Waals surface area contributed by atoms with Gasteiger partial charge in [-0.25, -0.2) is 4.98 Å². The third-order valence-electron chi connectivity index (χ3n) is 1.94. The highest BCUT2D eigenvalue weighted by atomic mass is 35.5. The second kappa shape index (κ2) is 5.38. The molecule has 3 nitrogen and oxygen atoms in total. The lowest BCUT2D eigenvalue weighted by Gasteiger charge is -2.06. The smallest absolute Gasteiger partial charge is 0.132 e. The van der Waals surface area contributed by atoms with Crippen LogP contribution in [0.2, 0.25) is 5.15 Å². The van der Waals surface area contributed by atoms with Gasteiger partial charge in [-0.05, 0) is 18.6 Å². The Morgan fingerprint density at radius 1 is 1.67 bits per heavy atom. The molecule has 0 aliphatic heterocycles. The molecule has 15 heavy (non-hydrogen) atoms. The molecule has 1 rings (SSSR count). The van der Waals surface area contributed by atoms with Gasteiger partial charge in [-0.15, -0.1) is 0 Å². The SMILES string of the molecule is C=C(CC)CNc1cc(C#N)cc(Cl)n1. The van der Waals surface area contributed by atoms with Gasteiger partial charge in [0.15, 0.2) is 0 Å². The minimum Gasteiger partial charge on any atom is -0.366 e. The van der Waals surface area contributed by atoms with E-state index in [9.17, 15) is 0 Å². The molecular formula is C11H12ClN3. The van der Waals surface area contributed by atoms with E-state index in [4.69, 9.17) is 16.9 Å². The molecule has 1 heterocycles. The van der Waals surface area contributed by atoms with Crippen LogP contribution >= 0.6 is 11.6 Å². The van der Waals surface area contributed by atoms with Crippen LogP contribution in [0.5, 0.6) is 0 Å². The fraction of sp³-hybridized carbons (Fsp3) is 0.273. The van der Waals surface area contributed by atoms with E-state index in [0.717, 1.165) is 12.0 Å². The van der Waals surface area contributed by atoms with Crippen LogP contribution in [0.1, 0.15) is 18.9 Å². The maximum absolute atomic E-state index is 8.73. The molecule has 0 aliphatic carbocycles. The molecule has 0 spiro atoms. The number of rotatable bonds is 4. The number of hydrogen-bond donors (Lipinski definition) is 1. The van der Waals surface area contributed by atoms with E-state index in [2.05, 4.69) is 16.9 Å². The van der Waals surface area contributed by atoms with Crippen LogP contribution in [0.3, 0.4) is 0 Å². The van der Waals surface area contributed by atoms with Crippen LogP contribution in [0.15, 0.2) is 24.3 Å². The summed E-state index contributed by atoms with van der Waals surface area (Å²) in [4.78, 5) is 4.05. The fourth-order valence-electron chi connectivity index (χ4n) is 0.993. The van der Waals surface area contributed by atoms with Gasteiger partial charge in [0.25, 0.3) is 0 Å². The van der Waals surface area contributed by atoms with E-state index in [0.29, 0.717) is 23.1 Å². The first-order valence-corrected chi connectivity index (χ1v) is 5.01. The van der Waals surface area contributed by atoms with Gasteiger partial charge in [0.1, 0.15) is 11.0 Å². The van der Waals surface area contributed by atoms with Crippen LogP contribution in [-0.2, 0) is 0 Å². The second-order valence-corrected chi connectivity index (χ2v) is 3.52. The Morgan fingerprint density at radius 2 is 2.40 bits per heavy atom. The van der Waals surface area contributed by atoms with Gasteiger partial charge in [-0.3, -0.25) is 0 Å². The summed E-state index contributed by atoms with van der Waals surface area (Å²) in [7, 11) is 0. The molecule has 0 aliphatic rings. The number of anilines is 1. The fourth-order valence-corrected chi connectivity index (χ4v) is 1.20. The summed E-state index contributed by atoms with van der Waals surface area (Å²) in [5.41, 5.74) is 1.58. The summed E-state index contributed by atoms with van der Waals surface area (Å²) in [6.45, 7) is 6.55. The van der Waals surface area contributed by atoms with Crippen LogP contribution in [0, 0.1) is 11.3 Å². The van der Waals surface area contributed by atoms with Crippen molar-refractivity contribution >= 4 is 17.4 Å². The molecule has 1 aromatic rings. The van der Waals surface area contributed by atoms with E-state index in [1.807, 2.05) is 13.0 Å². The number of hydrogen-bond acceptors (Lipinski definition) is 3. The average molecular weight is 222 g/mol. The molecule has 0 bridgehead atoms. The standard InChI is InChI=1S/C11H12ClN3/c1-3-8(2)7-14-11-5-9(6-13)4-10(12)15-11/h4-5H,2-3,7H2,1H3,(H,14,15). The van der Waals surface area contributed by atoms with Crippen molar-refractivity contribution in [1.29, 1.82) is 5.26 Å². The van der Waals surface area contributed by atoms with Gasteiger partial charge in [-0.2, -0.15) is 5.26 Å². The summed E-state index contributed by atoms with van der Waals surface area (Å²) < 4.78 is 0. The first-order valence-electron chi connectivity index (χ1n) is 4.64. The molecule has 78 valence electrons. The van der Waals surface area contributed by atoms with Crippen molar-refractivity contribution in [3.8, 4) is 6.07 Å². The number of aromatic nitrogens is 1. The van der Waals surface area contributed by atoms with Crippen LogP contribution in [-0.4, -0.2) is 11.5 Å². The van der Waals surface area contributed by atoms with E-state index in [1.54, 1.807) is 6.07 Å². The minimum absolute atomic E-state index is 0.318. The largest absolute Gasteiger partial charge is 0.366 e. The number of nitrogens with zero attached hydrogens (tertiary/aromatic N) is 2. The Bertz CT molecular complexity index is 407. The van der Waals surface area contributed by atoms with E-state index in [-0.39, 0.29) is 0 Å². The Balaban J connectivity index is 2.74. The average Bonchev–Trinajstić information content (AvgIpc) is 2.25. The third-order valence-corrected chi connectivity index (χ3v) is 2.14. The minimum atomic E-state index is 0.318. The van der Waals surface area contributed by atoms with Crippen molar-refractivity contribution in [3.63, 3.8) is 0 Å². The number of halogens is 1. The topological polar surface area (TPSA) is 48.7 Å². The number of nitriles is 1. The van der Waals surface area contributed by atoms with Crippen LogP contribution in [0.25, 0.3) is 0 Å². The maximum Gasteiger partial charge on any atom is 0.132 e. The predicted octanol–water partition coefficient (Wildman–Crippen LogP) is 2.98. The molecule has 0 atom stereocenters. The van der Waals surface area contributed by atoms with E-state index in [1.165, 1.54) is 6.07 Å². The Morgan fingerprint density at radius 3 is 3.00 bits per heavy atom. The van der Waals surface area contributed by atoms with Crippen molar-refractivity contribution in [1.82, 2.24) is 4.98 Å². The van der Waals surface area contributed by atoms with Crippen molar-refractivity contribution in [3.05, 3.63) is 35.0 Å².